The van der Waals surface area contributed by atoms with Crippen LogP contribution in [0.4, 0.5) is 15.8 Å². The molecule has 0 unspecified atom stereocenters. The average molecular weight is 332 g/mol. The molecule has 1 fully saturated rings. The van der Waals surface area contributed by atoms with Gasteiger partial charge in [0.15, 0.2) is 0 Å². The SMILES string of the molecule is CN1CCC(Nc2cc(Br)c(F)cc2[N+](=O)[O-])CC1. The van der Waals surface area contributed by atoms with Gasteiger partial charge >= 0.3 is 0 Å². The van der Waals surface area contributed by atoms with Gasteiger partial charge in [0.1, 0.15) is 11.5 Å². The summed E-state index contributed by atoms with van der Waals surface area (Å²) < 4.78 is 13.6. The second-order valence-corrected chi connectivity index (χ2v) is 5.62. The summed E-state index contributed by atoms with van der Waals surface area (Å²) in [6.07, 6.45) is 1.84. The van der Waals surface area contributed by atoms with Crippen LogP contribution in [0.2, 0.25) is 0 Å². The second-order valence-electron chi connectivity index (χ2n) is 4.76. The van der Waals surface area contributed by atoms with Crippen molar-refractivity contribution in [2.45, 2.75) is 18.9 Å². The highest BCUT2D eigenvalue weighted by Crippen LogP contribution is 2.31. The smallest absolute Gasteiger partial charge is 0.295 e. The molecule has 104 valence electrons. The van der Waals surface area contributed by atoms with Gasteiger partial charge in [0.05, 0.1) is 15.5 Å². The van der Waals surface area contributed by atoms with Crippen LogP contribution in [-0.4, -0.2) is 36.0 Å². The number of hydrogen-bond donors (Lipinski definition) is 1. The fraction of sp³-hybridized carbons (Fsp3) is 0.500. The number of anilines is 1. The molecule has 1 aromatic carbocycles. The summed E-state index contributed by atoms with van der Waals surface area (Å²) in [5, 5.41) is 14.1. The molecule has 1 aliphatic heterocycles. The molecule has 0 amide bonds. The Morgan fingerprint density at radius 1 is 1.47 bits per heavy atom. The van der Waals surface area contributed by atoms with Crippen LogP contribution in [-0.2, 0) is 0 Å². The van der Waals surface area contributed by atoms with E-state index >= 15 is 0 Å². The number of halogens is 2. The second kappa shape index (κ2) is 5.83. The molecule has 0 spiro atoms. The van der Waals surface area contributed by atoms with Gasteiger partial charge in [-0.15, -0.1) is 0 Å². The fourth-order valence-electron chi connectivity index (χ4n) is 2.18. The lowest BCUT2D eigenvalue weighted by Gasteiger charge is -2.30. The predicted molar refractivity (Wildman–Crippen MR) is 74.9 cm³/mol. The van der Waals surface area contributed by atoms with E-state index in [1.54, 1.807) is 0 Å². The van der Waals surface area contributed by atoms with E-state index < -0.39 is 10.7 Å². The number of nitrogens with zero attached hydrogens (tertiary/aromatic N) is 2. The minimum absolute atomic E-state index is 0.187. The van der Waals surface area contributed by atoms with Crippen LogP contribution in [0.1, 0.15) is 12.8 Å². The van der Waals surface area contributed by atoms with E-state index in [0.717, 1.165) is 32.0 Å². The van der Waals surface area contributed by atoms with Gasteiger partial charge < -0.3 is 10.2 Å². The first-order chi connectivity index (χ1) is 8.97. The molecule has 0 radical (unpaired) electrons. The standard InChI is InChI=1S/C12H15BrFN3O2/c1-16-4-2-8(3-5-16)15-11-6-9(13)10(14)7-12(11)17(18)19/h6-8,15H,2-5H2,1H3. The molecule has 0 saturated carbocycles. The zero-order valence-electron chi connectivity index (χ0n) is 10.5. The van der Waals surface area contributed by atoms with Gasteiger partial charge in [0, 0.05) is 6.04 Å². The molecule has 2 rings (SSSR count). The first-order valence-electron chi connectivity index (χ1n) is 6.06. The topological polar surface area (TPSA) is 58.4 Å². The lowest BCUT2D eigenvalue weighted by molar-refractivity contribution is -0.384. The van der Waals surface area contributed by atoms with Crippen molar-refractivity contribution >= 4 is 27.3 Å². The highest BCUT2D eigenvalue weighted by Gasteiger charge is 2.22. The molecular weight excluding hydrogens is 317 g/mol. The van der Waals surface area contributed by atoms with Crippen molar-refractivity contribution < 1.29 is 9.31 Å². The number of piperidine rings is 1. The number of nitrogens with one attached hydrogen (secondary N) is 1. The summed E-state index contributed by atoms with van der Waals surface area (Å²) in [6.45, 7) is 1.90. The Labute approximate surface area is 119 Å². The summed E-state index contributed by atoms with van der Waals surface area (Å²) in [5.41, 5.74) is 0.146. The monoisotopic (exact) mass is 331 g/mol. The molecule has 1 aromatic rings. The Hall–Kier alpha value is -1.21. The Kier molecular flexibility index (Phi) is 4.36. The molecule has 1 aliphatic rings. The molecule has 0 bridgehead atoms. The molecule has 1 heterocycles. The van der Waals surface area contributed by atoms with E-state index in [9.17, 15) is 14.5 Å². The van der Waals surface area contributed by atoms with Gasteiger partial charge in [-0.2, -0.15) is 0 Å². The zero-order chi connectivity index (χ0) is 14.0. The third-order valence-electron chi connectivity index (χ3n) is 3.31. The van der Waals surface area contributed by atoms with E-state index in [0.29, 0.717) is 5.69 Å². The third-order valence-corrected chi connectivity index (χ3v) is 3.92. The highest BCUT2D eigenvalue weighted by molar-refractivity contribution is 9.10. The molecule has 0 atom stereocenters. The maximum atomic E-state index is 13.4. The zero-order valence-corrected chi connectivity index (χ0v) is 12.1. The first-order valence-corrected chi connectivity index (χ1v) is 6.85. The Morgan fingerprint density at radius 2 is 2.11 bits per heavy atom. The van der Waals surface area contributed by atoms with Crippen LogP contribution in [0.15, 0.2) is 16.6 Å². The number of likely N-dealkylation sites (tertiary alicyclic amines) is 1. The number of rotatable bonds is 3. The molecule has 5 nitrogen and oxygen atoms in total. The van der Waals surface area contributed by atoms with Gasteiger partial charge in [-0.05, 0) is 55.0 Å². The van der Waals surface area contributed by atoms with Crippen molar-refractivity contribution in [1.82, 2.24) is 4.90 Å². The molecular formula is C12H15BrFN3O2. The lowest BCUT2D eigenvalue weighted by atomic mass is 10.0. The Bertz CT molecular complexity index is 490. The summed E-state index contributed by atoms with van der Waals surface area (Å²) in [4.78, 5) is 12.6. The first kappa shape index (κ1) is 14.2. The average Bonchev–Trinajstić information content (AvgIpc) is 2.36. The molecule has 1 N–H and O–H groups in total. The Balaban J connectivity index is 2.19. The molecule has 1 saturated heterocycles. The van der Waals surface area contributed by atoms with E-state index in [1.807, 2.05) is 7.05 Å². The van der Waals surface area contributed by atoms with Crippen molar-refractivity contribution in [3.63, 3.8) is 0 Å². The van der Waals surface area contributed by atoms with Gasteiger partial charge in [-0.3, -0.25) is 10.1 Å². The van der Waals surface area contributed by atoms with Crippen molar-refractivity contribution in [3.8, 4) is 0 Å². The molecule has 7 heteroatoms. The minimum Gasteiger partial charge on any atom is -0.377 e. The van der Waals surface area contributed by atoms with Crippen molar-refractivity contribution in [3.05, 3.63) is 32.5 Å². The summed E-state index contributed by atoms with van der Waals surface area (Å²) in [6, 6.07) is 2.57. The summed E-state index contributed by atoms with van der Waals surface area (Å²) >= 11 is 3.06. The number of nitro benzene ring substituents is 1. The van der Waals surface area contributed by atoms with E-state index in [4.69, 9.17) is 0 Å². The summed E-state index contributed by atoms with van der Waals surface area (Å²) in [7, 11) is 2.05. The van der Waals surface area contributed by atoms with Gasteiger partial charge in [0.2, 0.25) is 0 Å². The van der Waals surface area contributed by atoms with Gasteiger partial charge in [-0.1, -0.05) is 0 Å². The summed E-state index contributed by atoms with van der Waals surface area (Å²) in [5.74, 6) is -0.624. The minimum atomic E-state index is -0.624. The molecule has 0 aliphatic carbocycles. The lowest BCUT2D eigenvalue weighted by Crippen LogP contribution is -2.36. The van der Waals surface area contributed by atoms with Crippen molar-refractivity contribution in [1.29, 1.82) is 0 Å². The predicted octanol–water partition coefficient (Wildman–Crippen LogP) is 3.00. The number of benzene rings is 1. The van der Waals surface area contributed by atoms with E-state index in [-0.39, 0.29) is 16.2 Å². The highest BCUT2D eigenvalue weighted by atomic mass is 79.9. The molecule has 0 aromatic heterocycles. The largest absolute Gasteiger partial charge is 0.377 e. The Morgan fingerprint density at radius 3 is 2.68 bits per heavy atom. The number of nitro groups is 1. The third kappa shape index (κ3) is 3.42. The maximum absolute atomic E-state index is 13.4. The number of hydrogen-bond acceptors (Lipinski definition) is 4. The van der Waals surface area contributed by atoms with Crippen LogP contribution in [0.5, 0.6) is 0 Å². The van der Waals surface area contributed by atoms with E-state index in [2.05, 4.69) is 26.1 Å². The van der Waals surface area contributed by atoms with Crippen LogP contribution >= 0.6 is 15.9 Å². The van der Waals surface area contributed by atoms with Crippen LogP contribution in [0.3, 0.4) is 0 Å². The van der Waals surface area contributed by atoms with Crippen LogP contribution < -0.4 is 5.32 Å². The van der Waals surface area contributed by atoms with Gasteiger partial charge in [0.25, 0.3) is 5.69 Å². The fourth-order valence-corrected chi connectivity index (χ4v) is 2.52. The molecule has 19 heavy (non-hydrogen) atoms. The quantitative estimate of drug-likeness (QED) is 0.683. The van der Waals surface area contributed by atoms with Crippen LogP contribution in [0, 0.1) is 15.9 Å². The van der Waals surface area contributed by atoms with Crippen LogP contribution in [0.25, 0.3) is 0 Å². The van der Waals surface area contributed by atoms with Crippen molar-refractivity contribution in [2.75, 3.05) is 25.5 Å². The van der Waals surface area contributed by atoms with Crippen molar-refractivity contribution in [2.24, 2.45) is 0 Å². The normalized spacial score (nSPS) is 17.4. The van der Waals surface area contributed by atoms with E-state index in [1.165, 1.54) is 6.07 Å². The maximum Gasteiger partial charge on any atom is 0.295 e. The van der Waals surface area contributed by atoms with Gasteiger partial charge in [-0.25, -0.2) is 4.39 Å².